The summed E-state index contributed by atoms with van der Waals surface area (Å²) in [6.45, 7) is 4.44. The first kappa shape index (κ1) is 10.5. The Morgan fingerprint density at radius 1 is 1.07 bits per heavy atom. The van der Waals surface area contributed by atoms with E-state index in [2.05, 4.69) is 13.8 Å². The lowest BCUT2D eigenvalue weighted by atomic mass is 9.47. The molecular weight excluding hydrogens is 172 g/mol. The van der Waals surface area contributed by atoms with Crippen LogP contribution in [0.2, 0.25) is 0 Å². The Labute approximate surface area is 87.9 Å². The van der Waals surface area contributed by atoms with E-state index in [1.54, 1.807) is 0 Å². The smallest absolute Gasteiger partial charge is 0.0729 e. The van der Waals surface area contributed by atoms with Gasteiger partial charge < -0.3 is 5.11 Å². The van der Waals surface area contributed by atoms with Crippen LogP contribution in [-0.4, -0.2) is 10.7 Å². The molecule has 1 heteroatoms. The molecule has 1 spiro atoms. The lowest BCUT2D eigenvalue weighted by Gasteiger charge is -2.61. The van der Waals surface area contributed by atoms with Crippen molar-refractivity contribution in [3.05, 3.63) is 0 Å². The van der Waals surface area contributed by atoms with E-state index in [4.69, 9.17) is 0 Å². The fourth-order valence-electron chi connectivity index (χ4n) is 3.75. The average Bonchev–Trinajstić information content (AvgIpc) is 2.26. The second-order valence-corrected chi connectivity index (χ2v) is 5.57. The molecule has 0 radical (unpaired) electrons. The summed E-state index contributed by atoms with van der Waals surface area (Å²) >= 11 is 0. The van der Waals surface area contributed by atoms with Crippen LogP contribution in [0, 0.1) is 11.3 Å². The van der Waals surface area contributed by atoms with Gasteiger partial charge in [0.05, 0.1) is 5.60 Å². The van der Waals surface area contributed by atoms with Crippen molar-refractivity contribution in [2.45, 2.75) is 70.8 Å². The van der Waals surface area contributed by atoms with Gasteiger partial charge in [0.15, 0.2) is 0 Å². The third kappa shape index (κ3) is 1.25. The van der Waals surface area contributed by atoms with Gasteiger partial charge >= 0.3 is 0 Å². The van der Waals surface area contributed by atoms with Crippen LogP contribution in [0.15, 0.2) is 0 Å². The highest BCUT2D eigenvalue weighted by molar-refractivity contribution is 5.10. The fraction of sp³-hybridized carbons (Fsp3) is 1.00. The van der Waals surface area contributed by atoms with Crippen LogP contribution in [0.4, 0.5) is 0 Å². The Bertz CT molecular complexity index is 201. The lowest BCUT2D eigenvalue weighted by Crippen LogP contribution is -2.61. The highest BCUT2D eigenvalue weighted by Gasteiger charge is 2.59. The number of hydrogen-bond donors (Lipinski definition) is 1. The molecule has 14 heavy (non-hydrogen) atoms. The van der Waals surface area contributed by atoms with Crippen LogP contribution in [0.3, 0.4) is 0 Å². The maximum atomic E-state index is 10.8. The minimum Gasteiger partial charge on any atom is -0.389 e. The Morgan fingerprint density at radius 3 is 2.14 bits per heavy atom. The molecule has 0 saturated heterocycles. The van der Waals surface area contributed by atoms with Gasteiger partial charge in [0.25, 0.3) is 0 Å². The third-order valence-corrected chi connectivity index (χ3v) is 5.14. The van der Waals surface area contributed by atoms with Crippen molar-refractivity contribution in [3.8, 4) is 0 Å². The molecule has 2 saturated carbocycles. The molecule has 0 bridgehead atoms. The van der Waals surface area contributed by atoms with Crippen molar-refractivity contribution in [3.63, 3.8) is 0 Å². The molecule has 0 aromatic carbocycles. The van der Waals surface area contributed by atoms with E-state index in [0.29, 0.717) is 11.3 Å². The summed E-state index contributed by atoms with van der Waals surface area (Å²) in [7, 11) is 0. The maximum absolute atomic E-state index is 10.8. The zero-order valence-corrected chi connectivity index (χ0v) is 9.68. The predicted molar refractivity (Wildman–Crippen MR) is 59.2 cm³/mol. The van der Waals surface area contributed by atoms with Crippen LogP contribution >= 0.6 is 0 Å². The van der Waals surface area contributed by atoms with Gasteiger partial charge in [0.2, 0.25) is 0 Å². The van der Waals surface area contributed by atoms with E-state index in [9.17, 15) is 5.11 Å². The van der Waals surface area contributed by atoms with E-state index >= 15 is 0 Å². The standard InChI is InChI=1S/C13H24O/c1-3-11(2)13(14)10-9-12(13)7-5-4-6-8-12/h11,14H,3-10H2,1-2H3. The second kappa shape index (κ2) is 3.52. The van der Waals surface area contributed by atoms with E-state index < -0.39 is 0 Å². The van der Waals surface area contributed by atoms with Crippen molar-refractivity contribution < 1.29 is 5.11 Å². The van der Waals surface area contributed by atoms with Gasteiger partial charge in [-0.3, -0.25) is 0 Å². The van der Waals surface area contributed by atoms with E-state index in [1.807, 2.05) is 0 Å². The maximum Gasteiger partial charge on any atom is 0.0729 e. The number of rotatable bonds is 2. The summed E-state index contributed by atoms with van der Waals surface area (Å²) in [6, 6.07) is 0. The molecular formula is C13H24O. The normalized spacial score (nSPS) is 37.9. The van der Waals surface area contributed by atoms with Gasteiger partial charge in [-0.05, 0) is 37.0 Å². The van der Waals surface area contributed by atoms with Crippen molar-refractivity contribution in [1.29, 1.82) is 0 Å². The third-order valence-electron chi connectivity index (χ3n) is 5.14. The molecule has 2 atom stereocenters. The summed E-state index contributed by atoms with van der Waals surface area (Å²) in [5.74, 6) is 0.495. The van der Waals surface area contributed by atoms with Crippen LogP contribution in [0.25, 0.3) is 0 Å². The number of aliphatic hydroxyl groups is 1. The average molecular weight is 196 g/mol. The van der Waals surface area contributed by atoms with Gasteiger partial charge in [0.1, 0.15) is 0 Å². The molecule has 2 aliphatic carbocycles. The summed E-state index contributed by atoms with van der Waals surface area (Å²) in [5.41, 5.74) is 0.0306. The summed E-state index contributed by atoms with van der Waals surface area (Å²) in [4.78, 5) is 0. The fourth-order valence-corrected chi connectivity index (χ4v) is 3.75. The van der Waals surface area contributed by atoms with Gasteiger partial charge in [-0.1, -0.05) is 39.5 Å². The minimum atomic E-state index is -0.303. The van der Waals surface area contributed by atoms with E-state index in [-0.39, 0.29) is 5.60 Å². The van der Waals surface area contributed by atoms with Crippen molar-refractivity contribution in [2.24, 2.45) is 11.3 Å². The molecule has 2 fully saturated rings. The Morgan fingerprint density at radius 2 is 1.71 bits per heavy atom. The summed E-state index contributed by atoms with van der Waals surface area (Å²) in [6.07, 6.45) is 10.1. The molecule has 2 unspecified atom stereocenters. The Hall–Kier alpha value is -0.0400. The molecule has 82 valence electrons. The van der Waals surface area contributed by atoms with E-state index in [1.165, 1.54) is 38.5 Å². The zero-order valence-electron chi connectivity index (χ0n) is 9.68. The van der Waals surface area contributed by atoms with Crippen LogP contribution in [0.5, 0.6) is 0 Å². The first-order valence-electron chi connectivity index (χ1n) is 6.37. The molecule has 1 N–H and O–H groups in total. The molecule has 0 amide bonds. The van der Waals surface area contributed by atoms with Crippen LogP contribution < -0.4 is 0 Å². The van der Waals surface area contributed by atoms with Crippen molar-refractivity contribution in [2.75, 3.05) is 0 Å². The molecule has 0 aromatic heterocycles. The molecule has 0 aromatic rings. The van der Waals surface area contributed by atoms with Crippen molar-refractivity contribution >= 4 is 0 Å². The summed E-state index contributed by atoms with van der Waals surface area (Å²) in [5, 5.41) is 10.8. The quantitative estimate of drug-likeness (QED) is 0.716. The van der Waals surface area contributed by atoms with Gasteiger partial charge in [-0.15, -0.1) is 0 Å². The zero-order chi connectivity index (χ0) is 10.2. The number of hydrogen-bond acceptors (Lipinski definition) is 1. The van der Waals surface area contributed by atoms with Gasteiger partial charge in [-0.25, -0.2) is 0 Å². The highest BCUT2D eigenvalue weighted by atomic mass is 16.3. The highest BCUT2D eigenvalue weighted by Crippen LogP contribution is 2.61. The van der Waals surface area contributed by atoms with Crippen LogP contribution in [0.1, 0.15) is 65.2 Å². The lowest BCUT2D eigenvalue weighted by molar-refractivity contribution is -0.212. The topological polar surface area (TPSA) is 20.2 Å². The predicted octanol–water partition coefficient (Wildman–Crippen LogP) is 3.51. The Balaban J connectivity index is 2.12. The minimum absolute atomic E-state index is 0.303. The first-order chi connectivity index (χ1) is 6.65. The van der Waals surface area contributed by atoms with E-state index in [0.717, 1.165) is 12.8 Å². The summed E-state index contributed by atoms with van der Waals surface area (Å²) < 4.78 is 0. The molecule has 0 heterocycles. The molecule has 0 aliphatic heterocycles. The Kier molecular flexibility index (Phi) is 2.63. The largest absolute Gasteiger partial charge is 0.389 e. The monoisotopic (exact) mass is 196 g/mol. The van der Waals surface area contributed by atoms with Crippen LogP contribution in [-0.2, 0) is 0 Å². The first-order valence-corrected chi connectivity index (χ1v) is 6.37. The molecule has 2 aliphatic rings. The van der Waals surface area contributed by atoms with Crippen molar-refractivity contribution in [1.82, 2.24) is 0 Å². The van der Waals surface area contributed by atoms with Gasteiger partial charge in [-0.2, -0.15) is 0 Å². The molecule has 2 rings (SSSR count). The van der Waals surface area contributed by atoms with Gasteiger partial charge in [0, 0.05) is 0 Å². The molecule has 1 nitrogen and oxygen atoms in total. The second-order valence-electron chi connectivity index (χ2n) is 5.57. The SMILES string of the molecule is CCC(C)C1(O)CCC12CCCCC2.